The van der Waals surface area contributed by atoms with Crippen LogP contribution in [0.5, 0.6) is 0 Å². The fourth-order valence-electron chi connectivity index (χ4n) is 4.76. The lowest BCUT2D eigenvalue weighted by Crippen LogP contribution is -2.15. The summed E-state index contributed by atoms with van der Waals surface area (Å²) in [6.45, 7) is 2.48. The van der Waals surface area contributed by atoms with E-state index in [1.807, 2.05) is 0 Å². The van der Waals surface area contributed by atoms with Crippen LogP contribution in [0.2, 0.25) is 0 Å². The Bertz CT molecular complexity index is 232. The molecule has 1 spiro atoms. The van der Waals surface area contributed by atoms with Gasteiger partial charge in [0.05, 0.1) is 0 Å². The van der Waals surface area contributed by atoms with Gasteiger partial charge in [-0.2, -0.15) is 0 Å². The minimum absolute atomic E-state index is 0.933. The third kappa shape index (κ3) is 0.443. The number of fused-ring (bicyclic) bond motifs is 6. The number of rotatable bonds is 0. The summed E-state index contributed by atoms with van der Waals surface area (Å²) in [6.07, 6.45) is 6.50. The molecule has 0 aromatic heterocycles. The first kappa shape index (κ1) is 5.61. The van der Waals surface area contributed by atoms with Gasteiger partial charge in [-0.1, -0.05) is 6.92 Å². The molecule has 4 aliphatic carbocycles. The van der Waals surface area contributed by atoms with Gasteiger partial charge >= 0.3 is 0 Å². The maximum absolute atomic E-state index is 2.48. The van der Waals surface area contributed by atoms with Crippen molar-refractivity contribution in [2.45, 2.75) is 32.6 Å². The Morgan fingerprint density at radius 3 is 2.45 bits per heavy atom. The topological polar surface area (TPSA) is 0 Å². The van der Waals surface area contributed by atoms with E-state index in [-0.39, 0.29) is 0 Å². The summed E-state index contributed by atoms with van der Waals surface area (Å²) in [4.78, 5) is 0. The fourth-order valence-corrected chi connectivity index (χ4v) is 4.76. The Hall–Kier alpha value is 0. The summed E-state index contributed by atoms with van der Waals surface area (Å²) in [6, 6.07) is 0. The molecule has 2 bridgehead atoms. The van der Waals surface area contributed by atoms with Crippen LogP contribution in [0.4, 0.5) is 0 Å². The molecule has 4 saturated carbocycles. The van der Waals surface area contributed by atoms with Gasteiger partial charge in [0.25, 0.3) is 0 Å². The first-order valence-electron chi connectivity index (χ1n) is 5.31. The van der Waals surface area contributed by atoms with Crippen LogP contribution < -0.4 is 0 Å². The Labute approximate surface area is 68.4 Å². The minimum Gasteiger partial charge on any atom is -0.0619 e. The van der Waals surface area contributed by atoms with Crippen molar-refractivity contribution < 1.29 is 0 Å². The molecular formula is C11H16. The zero-order valence-electron chi connectivity index (χ0n) is 7.22. The van der Waals surface area contributed by atoms with E-state index in [2.05, 4.69) is 6.92 Å². The molecule has 60 valence electrons. The first-order valence-corrected chi connectivity index (χ1v) is 5.31. The minimum atomic E-state index is 0.933. The molecule has 0 heteroatoms. The summed E-state index contributed by atoms with van der Waals surface area (Å²) >= 11 is 0. The molecular weight excluding hydrogens is 132 g/mol. The van der Waals surface area contributed by atoms with Crippen LogP contribution in [0.1, 0.15) is 32.6 Å². The second kappa shape index (κ2) is 1.30. The summed E-state index contributed by atoms with van der Waals surface area (Å²) < 4.78 is 0. The van der Waals surface area contributed by atoms with Crippen LogP contribution in [-0.2, 0) is 0 Å². The van der Waals surface area contributed by atoms with Crippen molar-refractivity contribution in [3.05, 3.63) is 0 Å². The van der Waals surface area contributed by atoms with Gasteiger partial charge in [0.15, 0.2) is 0 Å². The van der Waals surface area contributed by atoms with Gasteiger partial charge in [-0.15, -0.1) is 0 Å². The number of hydrogen-bond donors (Lipinski definition) is 0. The third-order valence-electron chi connectivity index (χ3n) is 5.46. The largest absolute Gasteiger partial charge is 0.0619 e. The van der Waals surface area contributed by atoms with Gasteiger partial charge in [0.1, 0.15) is 0 Å². The van der Waals surface area contributed by atoms with Crippen molar-refractivity contribution in [1.29, 1.82) is 0 Å². The van der Waals surface area contributed by atoms with Crippen LogP contribution in [0.3, 0.4) is 0 Å². The quantitative estimate of drug-likeness (QED) is 0.495. The van der Waals surface area contributed by atoms with Gasteiger partial charge in [-0.3, -0.25) is 0 Å². The second-order valence-corrected chi connectivity index (χ2v) is 5.71. The molecule has 0 saturated heterocycles. The zero-order valence-corrected chi connectivity index (χ0v) is 7.22. The predicted molar refractivity (Wildman–Crippen MR) is 44.0 cm³/mol. The zero-order chi connectivity index (χ0) is 7.22. The summed E-state index contributed by atoms with van der Waals surface area (Å²) in [5, 5.41) is 0. The van der Waals surface area contributed by atoms with Gasteiger partial charge in [0, 0.05) is 0 Å². The Morgan fingerprint density at radius 1 is 1.09 bits per heavy atom. The summed E-state index contributed by atoms with van der Waals surface area (Å²) in [5.74, 6) is 6.00. The van der Waals surface area contributed by atoms with Crippen molar-refractivity contribution in [1.82, 2.24) is 0 Å². The van der Waals surface area contributed by atoms with Gasteiger partial charge in [-0.25, -0.2) is 0 Å². The van der Waals surface area contributed by atoms with E-state index in [0.717, 1.165) is 11.3 Å². The van der Waals surface area contributed by atoms with E-state index < -0.39 is 0 Å². The van der Waals surface area contributed by atoms with Crippen molar-refractivity contribution in [2.75, 3.05) is 0 Å². The van der Waals surface area contributed by atoms with Crippen molar-refractivity contribution >= 4 is 0 Å². The Balaban J connectivity index is 1.78. The van der Waals surface area contributed by atoms with E-state index in [9.17, 15) is 0 Å². The van der Waals surface area contributed by atoms with Crippen molar-refractivity contribution in [3.63, 3.8) is 0 Å². The van der Waals surface area contributed by atoms with Crippen LogP contribution in [-0.4, -0.2) is 0 Å². The fraction of sp³-hybridized carbons (Fsp3) is 1.00. The Kier molecular flexibility index (Phi) is 0.661. The van der Waals surface area contributed by atoms with Crippen LogP contribution in [0, 0.1) is 35.0 Å². The van der Waals surface area contributed by atoms with Gasteiger partial charge in [-0.05, 0) is 60.7 Å². The average Bonchev–Trinajstić information content (AvgIpc) is 2.80. The molecule has 0 heterocycles. The normalized spacial score (nSPS) is 75.5. The molecule has 0 N–H and O–H groups in total. The van der Waals surface area contributed by atoms with E-state index in [1.165, 1.54) is 23.7 Å². The molecule has 0 aromatic rings. The predicted octanol–water partition coefficient (Wildman–Crippen LogP) is 2.69. The molecule has 0 amide bonds. The lowest BCUT2D eigenvalue weighted by atomic mass is 9.84. The van der Waals surface area contributed by atoms with Crippen LogP contribution in [0.15, 0.2) is 0 Å². The van der Waals surface area contributed by atoms with E-state index >= 15 is 0 Å². The summed E-state index contributed by atoms with van der Waals surface area (Å²) in [5.41, 5.74) is 0.933. The molecule has 6 atom stereocenters. The van der Waals surface area contributed by atoms with Crippen LogP contribution in [0.25, 0.3) is 0 Å². The molecule has 4 aliphatic rings. The highest BCUT2D eigenvalue weighted by atomic mass is 14.8. The molecule has 4 rings (SSSR count). The van der Waals surface area contributed by atoms with E-state index in [0.29, 0.717) is 0 Å². The first-order chi connectivity index (χ1) is 5.31. The van der Waals surface area contributed by atoms with Crippen molar-refractivity contribution in [2.24, 2.45) is 35.0 Å². The van der Waals surface area contributed by atoms with Crippen LogP contribution >= 0.6 is 0 Å². The highest BCUT2D eigenvalue weighted by molar-refractivity contribution is 5.21. The highest BCUT2D eigenvalue weighted by Crippen LogP contribution is 2.80. The molecule has 0 nitrogen and oxygen atoms in total. The Morgan fingerprint density at radius 2 is 1.91 bits per heavy atom. The number of hydrogen-bond acceptors (Lipinski definition) is 0. The summed E-state index contributed by atoms with van der Waals surface area (Å²) in [7, 11) is 0. The SMILES string of the molecule is CC1CC12CC1CC2C2CC12. The lowest BCUT2D eigenvalue weighted by molar-refractivity contribution is 0.271. The molecule has 0 radical (unpaired) electrons. The molecule has 4 fully saturated rings. The maximum Gasteiger partial charge on any atom is -0.0235 e. The van der Waals surface area contributed by atoms with E-state index in [4.69, 9.17) is 0 Å². The monoisotopic (exact) mass is 148 g/mol. The second-order valence-electron chi connectivity index (χ2n) is 5.71. The standard InChI is InChI=1S/C11H16/c1-6-4-11(6)5-7-2-10(11)9-3-8(7)9/h6-10H,2-5H2,1H3. The van der Waals surface area contributed by atoms with E-state index in [1.54, 1.807) is 25.7 Å². The lowest BCUT2D eigenvalue weighted by Gasteiger charge is -2.21. The highest BCUT2D eigenvalue weighted by Gasteiger charge is 2.72. The van der Waals surface area contributed by atoms with Gasteiger partial charge < -0.3 is 0 Å². The van der Waals surface area contributed by atoms with Crippen molar-refractivity contribution in [3.8, 4) is 0 Å². The third-order valence-corrected chi connectivity index (χ3v) is 5.46. The van der Waals surface area contributed by atoms with Gasteiger partial charge in [0.2, 0.25) is 0 Å². The average molecular weight is 148 g/mol. The smallest absolute Gasteiger partial charge is 0.0235 e. The molecule has 0 aliphatic heterocycles. The maximum atomic E-state index is 2.48. The molecule has 6 unspecified atom stereocenters. The molecule has 11 heavy (non-hydrogen) atoms. The molecule has 0 aromatic carbocycles.